The van der Waals surface area contributed by atoms with Crippen molar-refractivity contribution in [3.63, 3.8) is 0 Å². The van der Waals surface area contributed by atoms with Crippen LogP contribution in [0, 0.1) is 5.82 Å². The highest BCUT2D eigenvalue weighted by Gasteiger charge is 2.31. The van der Waals surface area contributed by atoms with Crippen molar-refractivity contribution >= 4 is 23.5 Å². The third kappa shape index (κ3) is 4.61. The van der Waals surface area contributed by atoms with Crippen LogP contribution in [-0.4, -0.2) is 11.3 Å². The Morgan fingerprint density at radius 3 is 2.46 bits per heavy atom. The van der Waals surface area contributed by atoms with Gasteiger partial charge in [-0.2, -0.15) is 13.2 Å². The number of alkyl halides is 3. The zero-order valence-corrected chi connectivity index (χ0v) is 14.8. The molecule has 0 aromatic heterocycles. The van der Waals surface area contributed by atoms with Gasteiger partial charge in [0.2, 0.25) is 0 Å². The van der Waals surface area contributed by atoms with Gasteiger partial charge in [0.25, 0.3) is 0 Å². The molecular formula is C20H12ClF4NO2. The van der Waals surface area contributed by atoms with Gasteiger partial charge in [-0.1, -0.05) is 23.7 Å². The summed E-state index contributed by atoms with van der Waals surface area (Å²) in [7, 11) is 0. The van der Waals surface area contributed by atoms with Crippen LogP contribution in [0.4, 0.5) is 23.2 Å². The van der Waals surface area contributed by atoms with Crippen LogP contribution >= 0.6 is 11.6 Å². The molecule has 3 rings (SSSR count). The fourth-order valence-corrected chi connectivity index (χ4v) is 2.50. The largest absolute Gasteiger partial charge is 0.506 e. The molecule has 0 amide bonds. The summed E-state index contributed by atoms with van der Waals surface area (Å²) in [6.07, 6.45) is -3.42. The molecule has 0 unspecified atom stereocenters. The number of aliphatic imine (C=N–C) groups is 1. The number of ether oxygens (including phenoxy) is 1. The molecule has 0 saturated heterocycles. The maximum atomic E-state index is 13.3. The molecule has 144 valence electrons. The number of rotatable bonds is 4. The van der Waals surface area contributed by atoms with Crippen LogP contribution in [0.25, 0.3) is 0 Å². The molecular weight excluding hydrogens is 398 g/mol. The third-order valence-electron chi connectivity index (χ3n) is 3.67. The van der Waals surface area contributed by atoms with E-state index in [1.54, 1.807) is 6.07 Å². The summed E-state index contributed by atoms with van der Waals surface area (Å²) in [5.41, 5.74) is -0.873. The highest BCUT2D eigenvalue weighted by Crippen LogP contribution is 2.38. The first-order chi connectivity index (χ1) is 13.2. The summed E-state index contributed by atoms with van der Waals surface area (Å²) in [5.74, 6) is -0.732. The molecule has 0 aliphatic rings. The molecule has 0 radical (unpaired) electrons. The van der Waals surface area contributed by atoms with Crippen LogP contribution in [0.2, 0.25) is 5.02 Å². The number of para-hydroxylation sites is 1. The van der Waals surface area contributed by atoms with Gasteiger partial charge in [0.15, 0.2) is 5.75 Å². The Bertz CT molecular complexity index is 1030. The van der Waals surface area contributed by atoms with Gasteiger partial charge in [-0.15, -0.1) is 0 Å². The Hall–Kier alpha value is -3.06. The Morgan fingerprint density at radius 1 is 1.00 bits per heavy atom. The first kappa shape index (κ1) is 19.7. The average Bonchev–Trinajstić information content (AvgIpc) is 2.63. The van der Waals surface area contributed by atoms with Crippen molar-refractivity contribution < 1.29 is 27.4 Å². The highest BCUT2D eigenvalue weighted by atomic mass is 35.5. The molecule has 1 N–H and O–H groups in total. The lowest BCUT2D eigenvalue weighted by atomic mass is 10.1. The number of hydrogen-bond acceptors (Lipinski definition) is 3. The Balaban J connectivity index is 2.02. The molecule has 0 saturated carbocycles. The van der Waals surface area contributed by atoms with E-state index in [-0.39, 0.29) is 33.5 Å². The molecule has 0 aliphatic heterocycles. The molecule has 3 nitrogen and oxygen atoms in total. The quantitative estimate of drug-likeness (QED) is 0.382. The van der Waals surface area contributed by atoms with Crippen molar-refractivity contribution in [2.45, 2.75) is 6.18 Å². The average molecular weight is 410 g/mol. The van der Waals surface area contributed by atoms with E-state index in [1.807, 2.05) is 0 Å². The summed E-state index contributed by atoms with van der Waals surface area (Å²) in [5, 5.41) is 9.99. The predicted molar refractivity (Wildman–Crippen MR) is 98.3 cm³/mol. The van der Waals surface area contributed by atoms with Crippen LogP contribution in [0.5, 0.6) is 17.2 Å². The number of aromatic hydroxyl groups is 1. The highest BCUT2D eigenvalue weighted by molar-refractivity contribution is 6.32. The summed E-state index contributed by atoms with van der Waals surface area (Å²) in [6.45, 7) is 0. The van der Waals surface area contributed by atoms with Crippen LogP contribution in [0.1, 0.15) is 11.1 Å². The minimum atomic E-state index is -4.58. The second-order valence-corrected chi connectivity index (χ2v) is 6.08. The van der Waals surface area contributed by atoms with Gasteiger partial charge >= 0.3 is 6.18 Å². The number of phenolic OH excluding ortho intramolecular Hbond substituents is 1. The van der Waals surface area contributed by atoms with Gasteiger partial charge < -0.3 is 9.84 Å². The van der Waals surface area contributed by atoms with E-state index in [1.165, 1.54) is 30.3 Å². The third-order valence-corrected chi connectivity index (χ3v) is 3.98. The molecule has 3 aromatic rings. The van der Waals surface area contributed by atoms with E-state index in [0.717, 1.165) is 30.5 Å². The Kier molecular flexibility index (Phi) is 5.56. The molecule has 28 heavy (non-hydrogen) atoms. The lowest BCUT2D eigenvalue weighted by Gasteiger charge is -2.12. The zero-order chi connectivity index (χ0) is 20.3. The molecule has 3 aromatic carbocycles. The maximum Gasteiger partial charge on any atom is 0.416 e. The van der Waals surface area contributed by atoms with Crippen LogP contribution < -0.4 is 4.74 Å². The lowest BCUT2D eigenvalue weighted by Crippen LogP contribution is -2.04. The number of hydrogen-bond donors (Lipinski definition) is 1. The summed E-state index contributed by atoms with van der Waals surface area (Å²) < 4.78 is 58.0. The molecule has 0 fully saturated rings. The molecule has 0 atom stereocenters. The molecule has 0 heterocycles. The van der Waals surface area contributed by atoms with Crippen molar-refractivity contribution in [2.24, 2.45) is 4.99 Å². The second-order valence-electron chi connectivity index (χ2n) is 5.68. The number of phenols is 1. The van der Waals surface area contributed by atoms with Gasteiger partial charge in [-0.3, -0.25) is 4.99 Å². The Labute approximate surface area is 162 Å². The smallest absolute Gasteiger partial charge is 0.416 e. The van der Waals surface area contributed by atoms with Crippen molar-refractivity contribution in [1.29, 1.82) is 0 Å². The zero-order valence-electron chi connectivity index (χ0n) is 14.0. The van der Waals surface area contributed by atoms with Crippen LogP contribution in [-0.2, 0) is 6.18 Å². The first-order valence-electron chi connectivity index (χ1n) is 7.90. The van der Waals surface area contributed by atoms with Gasteiger partial charge in [0, 0.05) is 17.8 Å². The number of halogens is 5. The number of benzene rings is 3. The molecule has 8 heteroatoms. The van der Waals surface area contributed by atoms with E-state index in [9.17, 15) is 22.7 Å². The van der Waals surface area contributed by atoms with Crippen LogP contribution in [0.3, 0.4) is 0 Å². The predicted octanol–water partition coefficient (Wildman–Crippen LogP) is 6.75. The first-order valence-corrected chi connectivity index (χ1v) is 8.28. The minimum Gasteiger partial charge on any atom is -0.506 e. The topological polar surface area (TPSA) is 41.8 Å². The molecule has 0 aliphatic carbocycles. The monoisotopic (exact) mass is 409 g/mol. The minimum absolute atomic E-state index is 0.0173. The van der Waals surface area contributed by atoms with E-state index in [0.29, 0.717) is 0 Å². The van der Waals surface area contributed by atoms with Crippen molar-refractivity contribution in [2.75, 3.05) is 0 Å². The lowest BCUT2D eigenvalue weighted by molar-refractivity contribution is -0.137. The standard InChI is InChI=1S/C20H12ClF4NO2/c21-16-6-1-3-12(19(16)27)11-26-17-9-13(20(23,24)25)7-8-18(17)28-15-5-2-4-14(22)10-15/h1-11,27H. The fraction of sp³-hybridized carbons (Fsp3) is 0.0500. The van der Waals surface area contributed by atoms with Crippen molar-refractivity contribution in [3.8, 4) is 17.2 Å². The number of nitrogens with zero attached hydrogens (tertiary/aromatic N) is 1. The van der Waals surface area contributed by atoms with Crippen molar-refractivity contribution in [1.82, 2.24) is 0 Å². The normalized spacial score (nSPS) is 11.8. The van der Waals surface area contributed by atoms with Crippen molar-refractivity contribution in [3.05, 3.63) is 82.6 Å². The van der Waals surface area contributed by atoms with Gasteiger partial charge in [-0.25, -0.2) is 4.39 Å². The fourth-order valence-electron chi connectivity index (χ4n) is 2.31. The van der Waals surface area contributed by atoms with E-state index >= 15 is 0 Å². The van der Waals surface area contributed by atoms with E-state index in [2.05, 4.69) is 4.99 Å². The molecule has 0 spiro atoms. The van der Waals surface area contributed by atoms with Gasteiger partial charge in [0.1, 0.15) is 23.0 Å². The Morgan fingerprint density at radius 2 is 1.75 bits per heavy atom. The summed E-state index contributed by atoms with van der Waals surface area (Å²) >= 11 is 5.81. The summed E-state index contributed by atoms with van der Waals surface area (Å²) in [4.78, 5) is 4.01. The van der Waals surface area contributed by atoms with Gasteiger partial charge in [0.05, 0.1) is 10.6 Å². The van der Waals surface area contributed by atoms with Crippen LogP contribution in [0.15, 0.2) is 65.7 Å². The molecule has 0 bridgehead atoms. The van der Waals surface area contributed by atoms with E-state index < -0.39 is 17.6 Å². The van der Waals surface area contributed by atoms with Gasteiger partial charge in [-0.05, 0) is 42.5 Å². The maximum absolute atomic E-state index is 13.3. The second kappa shape index (κ2) is 7.90. The summed E-state index contributed by atoms with van der Waals surface area (Å²) in [6, 6.07) is 12.4. The van der Waals surface area contributed by atoms with E-state index in [4.69, 9.17) is 16.3 Å². The SMILES string of the molecule is Oc1c(Cl)cccc1C=Nc1cc(C(F)(F)F)ccc1Oc1cccc(F)c1.